The summed E-state index contributed by atoms with van der Waals surface area (Å²) in [4.78, 5) is 27.0. The smallest absolute Gasteiger partial charge is 0.435 e. The van der Waals surface area contributed by atoms with Crippen LogP contribution in [0.4, 0.5) is 4.79 Å². The maximum absolute atomic E-state index is 11.6. The van der Waals surface area contributed by atoms with Gasteiger partial charge >= 0.3 is 6.09 Å². The van der Waals surface area contributed by atoms with Crippen molar-refractivity contribution < 1.29 is 14.3 Å². The number of hydrogen-bond donors (Lipinski definition) is 2. The van der Waals surface area contributed by atoms with Gasteiger partial charge in [-0.1, -0.05) is 30.3 Å². The minimum absolute atomic E-state index is 0.00874. The molecule has 0 aliphatic rings. The average molecular weight is 303 g/mol. The number of benzene rings is 1. The van der Waals surface area contributed by atoms with Crippen LogP contribution in [0.5, 0.6) is 0 Å². The van der Waals surface area contributed by atoms with E-state index in [1.54, 1.807) is 6.07 Å². The summed E-state index contributed by atoms with van der Waals surface area (Å²) in [6, 6.07) is 12.3. The van der Waals surface area contributed by atoms with E-state index in [2.05, 4.69) is 4.99 Å². The normalized spacial score (nSPS) is 11.1. The highest BCUT2D eigenvalue weighted by Gasteiger charge is 2.10. The molecule has 0 spiro atoms. The lowest BCUT2D eigenvalue weighted by atomic mass is 10.2. The van der Waals surface area contributed by atoms with E-state index >= 15 is 0 Å². The summed E-state index contributed by atoms with van der Waals surface area (Å²) in [5, 5.41) is 0. The van der Waals surface area contributed by atoms with Gasteiger partial charge in [0, 0.05) is 0 Å². The fourth-order valence-electron chi connectivity index (χ4n) is 1.51. The number of ether oxygens (including phenoxy) is 1. The summed E-state index contributed by atoms with van der Waals surface area (Å²) in [7, 11) is 0. The first-order valence-electron chi connectivity index (χ1n) is 6.01. The van der Waals surface area contributed by atoms with Crippen LogP contribution in [0.1, 0.15) is 20.1 Å². The van der Waals surface area contributed by atoms with Crippen LogP contribution in [0.2, 0.25) is 0 Å². The second-order valence-electron chi connectivity index (χ2n) is 4.07. The van der Waals surface area contributed by atoms with Gasteiger partial charge in [0.15, 0.2) is 0 Å². The van der Waals surface area contributed by atoms with Crippen molar-refractivity contribution in [2.75, 3.05) is 0 Å². The van der Waals surface area contributed by atoms with Crippen LogP contribution in [-0.2, 0) is 11.3 Å². The Kier molecular flexibility index (Phi) is 4.68. The molecule has 0 saturated heterocycles. The molecule has 1 aromatic heterocycles. The van der Waals surface area contributed by atoms with Gasteiger partial charge < -0.3 is 16.2 Å². The molecule has 108 valence electrons. The first-order chi connectivity index (χ1) is 10.1. The molecule has 4 N–H and O–H groups in total. The maximum atomic E-state index is 11.6. The van der Waals surface area contributed by atoms with Gasteiger partial charge in [-0.2, -0.15) is 4.99 Å². The topological polar surface area (TPSA) is 108 Å². The van der Waals surface area contributed by atoms with E-state index in [9.17, 15) is 9.59 Å². The van der Waals surface area contributed by atoms with E-state index in [0.717, 1.165) is 16.9 Å². The maximum Gasteiger partial charge on any atom is 0.435 e. The zero-order chi connectivity index (χ0) is 15.2. The summed E-state index contributed by atoms with van der Waals surface area (Å²) in [5.41, 5.74) is 11.7. The van der Waals surface area contributed by atoms with Gasteiger partial charge in [-0.05, 0) is 17.7 Å². The van der Waals surface area contributed by atoms with Gasteiger partial charge in [-0.15, -0.1) is 11.3 Å². The molecule has 0 aliphatic heterocycles. The Morgan fingerprint density at radius 2 is 1.71 bits per heavy atom. The number of primary amides is 1. The molecule has 21 heavy (non-hydrogen) atoms. The number of carbonyl (C=O) groups excluding carboxylic acids is 2. The number of thiophene rings is 1. The van der Waals surface area contributed by atoms with Crippen molar-refractivity contribution in [3.8, 4) is 0 Å². The largest absolute Gasteiger partial charge is 0.443 e. The number of hydrogen-bond acceptors (Lipinski definition) is 4. The highest BCUT2D eigenvalue weighted by Crippen LogP contribution is 2.15. The fourth-order valence-corrected chi connectivity index (χ4v) is 2.27. The van der Waals surface area contributed by atoms with Gasteiger partial charge in [0.2, 0.25) is 0 Å². The van der Waals surface area contributed by atoms with E-state index in [1.165, 1.54) is 6.07 Å². The molecule has 0 unspecified atom stereocenters. The predicted molar refractivity (Wildman–Crippen MR) is 80.2 cm³/mol. The van der Waals surface area contributed by atoms with Crippen LogP contribution in [0, 0.1) is 0 Å². The standard InChI is InChI=1S/C14H13N3O3S/c15-12(10-6-7-11(21-10)13(16)18)17-14(19)20-8-9-4-2-1-3-5-9/h1-7H,8H2,(H2,16,18)(H2,15,17,19). The molecule has 2 amide bonds. The van der Waals surface area contributed by atoms with Gasteiger partial charge in [-0.3, -0.25) is 4.79 Å². The Bertz CT molecular complexity index is 680. The summed E-state index contributed by atoms with van der Waals surface area (Å²) >= 11 is 1.07. The molecule has 2 aromatic rings. The Labute approximate surface area is 125 Å². The van der Waals surface area contributed by atoms with Crippen LogP contribution < -0.4 is 11.5 Å². The molecular weight excluding hydrogens is 290 g/mol. The fraction of sp³-hybridized carbons (Fsp3) is 0.0714. The van der Waals surface area contributed by atoms with E-state index < -0.39 is 12.0 Å². The summed E-state index contributed by atoms with van der Waals surface area (Å²) in [5.74, 6) is -0.559. The van der Waals surface area contributed by atoms with Crippen molar-refractivity contribution in [2.45, 2.75) is 6.61 Å². The Balaban J connectivity index is 1.97. The van der Waals surface area contributed by atoms with Gasteiger partial charge in [-0.25, -0.2) is 4.79 Å². The molecule has 0 radical (unpaired) electrons. The van der Waals surface area contributed by atoms with Crippen LogP contribution >= 0.6 is 11.3 Å². The molecule has 1 aromatic carbocycles. The van der Waals surface area contributed by atoms with Crippen molar-refractivity contribution in [2.24, 2.45) is 16.5 Å². The lowest BCUT2D eigenvalue weighted by Crippen LogP contribution is -2.15. The van der Waals surface area contributed by atoms with E-state index in [4.69, 9.17) is 16.2 Å². The van der Waals surface area contributed by atoms with E-state index in [1.807, 2.05) is 30.3 Å². The number of amides is 2. The summed E-state index contributed by atoms with van der Waals surface area (Å²) < 4.78 is 4.98. The number of nitrogens with two attached hydrogens (primary N) is 2. The number of carbonyl (C=O) groups is 2. The molecular formula is C14H13N3O3S. The quantitative estimate of drug-likeness (QED) is 0.664. The third-order valence-corrected chi connectivity index (χ3v) is 3.64. The zero-order valence-electron chi connectivity index (χ0n) is 11.0. The molecule has 0 fully saturated rings. The van der Waals surface area contributed by atoms with Crippen molar-refractivity contribution >= 4 is 29.2 Å². The molecule has 0 bridgehead atoms. The number of amidine groups is 1. The Hall–Kier alpha value is -2.67. The van der Waals surface area contributed by atoms with E-state index in [0.29, 0.717) is 9.75 Å². The molecule has 7 heteroatoms. The van der Waals surface area contributed by atoms with Gasteiger partial charge in [0.05, 0.1) is 9.75 Å². The van der Waals surface area contributed by atoms with Crippen molar-refractivity contribution in [1.82, 2.24) is 0 Å². The highest BCUT2D eigenvalue weighted by atomic mass is 32.1. The van der Waals surface area contributed by atoms with Crippen molar-refractivity contribution in [3.05, 3.63) is 57.8 Å². The number of rotatable bonds is 4. The first kappa shape index (κ1) is 14.7. The van der Waals surface area contributed by atoms with Crippen molar-refractivity contribution in [1.29, 1.82) is 0 Å². The molecule has 2 rings (SSSR count). The average Bonchev–Trinajstić information content (AvgIpc) is 2.96. The Morgan fingerprint density at radius 3 is 2.33 bits per heavy atom. The minimum Gasteiger partial charge on any atom is -0.443 e. The van der Waals surface area contributed by atoms with Crippen LogP contribution in [0.15, 0.2) is 47.5 Å². The molecule has 0 atom stereocenters. The van der Waals surface area contributed by atoms with E-state index in [-0.39, 0.29) is 12.4 Å². The molecule has 6 nitrogen and oxygen atoms in total. The number of aliphatic imine (C=N–C) groups is 1. The number of nitrogens with zero attached hydrogens (tertiary/aromatic N) is 1. The lowest BCUT2D eigenvalue weighted by molar-refractivity contribution is 0.100. The van der Waals surface area contributed by atoms with Crippen molar-refractivity contribution in [3.63, 3.8) is 0 Å². The molecule has 0 saturated carbocycles. The SMILES string of the molecule is NC(=O)c1ccc(C(N)=NC(=O)OCc2ccccc2)s1. The van der Waals surface area contributed by atoms with Crippen LogP contribution in [0.3, 0.4) is 0 Å². The van der Waals surface area contributed by atoms with Crippen LogP contribution in [0.25, 0.3) is 0 Å². The summed E-state index contributed by atoms with van der Waals surface area (Å²) in [6.07, 6.45) is -0.787. The predicted octanol–water partition coefficient (Wildman–Crippen LogP) is 1.89. The highest BCUT2D eigenvalue weighted by molar-refractivity contribution is 7.16. The Morgan fingerprint density at radius 1 is 1.05 bits per heavy atom. The van der Waals surface area contributed by atoms with Gasteiger partial charge in [0.1, 0.15) is 12.4 Å². The minimum atomic E-state index is -0.787. The third-order valence-electron chi connectivity index (χ3n) is 2.52. The lowest BCUT2D eigenvalue weighted by Gasteiger charge is -2.01. The molecule has 1 heterocycles. The molecule has 0 aliphatic carbocycles. The second kappa shape index (κ2) is 6.67. The monoisotopic (exact) mass is 303 g/mol. The second-order valence-corrected chi connectivity index (χ2v) is 5.15. The zero-order valence-corrected chi connectivity index (χ0v) is 11.8. The summed E-state index contributed by atoms with van der Waals surface area (Å²) in [6.45, 7) is 0.118. The first-order valence-corrected chi connectivity index (χ1v) is 6.83. The van der Waals surface area contributed by atoms with Crippen LogP contribution in [-0.4, -0.2) is 17.8 Å². The van der Waals surface area contributed by atoms with Gasteiger partial charge in [0.25, 0.3) is 5.91 Å². The third kappa shape index (κ3) is 4.15.